The monoisotopic (exact) mass is 503 g/mol. The number of imidazole rings is 1. The van der Waals surface area contributed by atoms with Crippen molar-refractivity contribution in [3.8, 4) is 0 Å². The van der Waals surface area contributed by atoms with Gasteiger partial charge in [0.2, 0.25) is 0 Å². The topological polar surface area (TPSA) is 93.5 Å². The Hall–Kier alpha value is -3.78. The number of nitrogens with one attached hydrogen (secondary N) is 1. The smallest absolute Gasteiger partial charge is 0.407 e. The number of alkyl carbamates (subject to hydrolysis) is 1. The van der Waals surface area contributed by atoms with Crippen LogP contribution in [0.4, 0.5) is 4.79 Å². The van der Waals surface area contributed by atoms with Crippen molar-refractivity contribution < 1.29 is 19.4 Å². The number of ether oxygens (including phenoxy) is 1. The van der Waals surface area contributed by atoms with Crippen LogP contribution in [0.25, 0.3) is 10.8 Å². The lowest BCUT2D eigenvalue weighted by Gasteiger charge is -2.19. The molecule has 36 heavy (non-hydrogen) atoms. The van der Waals surface area contributed by atoms with Gasteiger partial charge in [0.25, 0.3) is 0 Å². The molecule has 0 aliphatic heterocycles. The van der Waals surface area contributed by atoms with Crippen molar-refractivity contribution >= 4 is 34.6 Å². The second-order valence-electron chi connectivity index (χ2n) is 9.39. The maximum absolute atomic E-state index is 12.1. The van der Waals surface area contributed by atoms with Crippen molar-refractivity contribution in [2.24, 2.45) is 0 Å². The summed E-state index contributed by atoms with van der Waals surface area (Å²) in [6.07, 6.45) is 1.42. The molecule has 0 saturated heterocycles. The van der Waals surface area contributed by atoms with E-state index in [2.05, 4.69) is 29.6 Å². The third kappa shape index (κ3) is 6.46. The molecule has 3 aromatic carbocycles. The van der Waals surface area contributed by atoms with Gasteiger partial charge in [-0.2, -0.15) is 0 Å². The molecule has 0 aliphatic rings. The molecule has 0 spiro atoms. The summed E-state index contributed by atoms with van der Waals surface area (Å²) in [6, 6.07) is 21.4. The van der Waals surface area contributed by atoms with Crippen LogP contribution in [-0.2, 0) is 23.6 Å². The molecule has 0 unspecified atom stereocenters. The van der Waals surface area contributed by atoms with Crippen LogP contribution in [-0.4, -0.2) is 32.3 Å². The van der Waals surface area contributed by atoms with Gasteiger partial charge in [0.05, 0.1) is 24.3 Å². The van der Waals surface area contributed by atoms with E-state index in [4.69, 9.17) is 9.72 Å². The number of carbonyl (C=O) groups excluding carboxylic acids is 1. The number of aromatic carboxylic acids is 1. The summed E-state index contributed by atoms with van der Waals surface area (Å²) in [5, 5.41) is 15.4. The molecular weight excluding hydrogens is 474 g/mol. The zero-order chi connectivity index (χ0) is 25.7. The molecule has 186 valence electrons. The normalized spacial score (nSPS) is 11.4. The lowest BCUT2D eigenvalue weighted by Crippen LogP contribution is -2.32. The predicted octanol–water partition coefficient (Wildman–Crippen LogP) is 6.10. The first kappa shape index (κ1) is 25.3. The Kier molecular flexibility index (Phi) is 7.64. The molecule has 1 heterocycles. The van der Waals surface area contributed by atoms with Gasteiger partial charge in [-0.3, -0.25) is 0 Å². The number of fused-ring (bicyclic) bond motifs is 1. The number of hydrogen-bond acceptors (Lipinski definition) is 5. The highest BCUT2D eigenvalue weighted by molar-refractivity contribution is 7.98. The minimum atomic E-state index is -0.951. The van der Waals surface area contributed by atoms with E-state index >= 15 is 0 Å². The molecule has 0 fully saturated rings. The Morgan fingerprint density at radius 1 is 1.00 bits per heavy atom. The van der Waals surface area contributed by atoms with Gasteiger partial charge in [0.15, 0.2) is 5.16 Å². The number of carboxylic acid groups (broad SMARTS) is 1. The zero-order valence-corrected chi connectivity index (χ0v) is 21.3. The van der Waals surface area contributed by atoms with Crippen LogP contribution >= 0.6 is 11.8 Å². The number of nitrogens with zero attached hydrogens (tertiary/aromatic N) is 2. The first-order valence-electron chi connectivity index (χ1n) is 11.6. The van der Waals surface area contributed by atoms with Crippen molar-refractivity contribution in [3.63, 3.8) is 0 Å². The summed E-state index contributed by atoms with van der Waals surface area (Å²) < 4.78 is 7.38. The van der Waals surface area contributed by atoms with Crippen LogP contribution < -0.4 is 5.32 Å². The van der Waals surface area contributed by atoms with Crippen molar-refractivity contribution in [2.75, 3.05) is 0 Å². The predicted molar refractivity (Wildman–Crippen MR) is 141 cm³/mol. The molecule has 4 rings (SSSR count). The second kappa shape index (κ2) is 10.9. The third-order valence-electron chi connectivity index (χ3n) is 5.43. The van der Waals surface area contributed by atoms with Gasteiger partial charge < -0.3 is 19.7 Å². The van der Waals surface area contributed by atoms with E-state index in [0.29, 0.717) is 18.0 Å². The van der Waals surface area contributed by atoms with E-state index < -0.39 is 17.7 Å². The van der Waals surface area contributed by atoms with Crippen LogP contribution in [0, 0.1) is 0 Å². The number of rotatable bonds is 8. The van der Waals surface area contributed by atoms with Crippen molar-refractivity contribution in [1.29, 1.82) is 0 Å². The fourth-order valence-electron chi connectivity index (χ4n) is 3.85. The van der Waals surface area contributed by atoms with Crippen LogP contribution in [0.3, 0.4) is 0 Å². The Morgan fingerprint density at radius 3 is 2.47 bits per heavy atom. The first-order valence-corrected chi connectivity index (χ1v) is 12.6. The molecule has 0 bridgehead atoms. The van der Waals surface area contributed by atoms with Crippen LogP contribution in [0.2, 0.25) is 0 Å². The molecule has 0 saturated carbocycles. The average Bonchev–Trinajstić information content (AvgIpc) is 3.22. The molecule has 7 nitrogen and oxygen atoms in total. The van der Waals surface area contributed by atoms with Gasteiger partial charge in [0.1, 0.15) is 5.60 Å². The number of thioether (sulfide) groups is 1. The number of benzene rings is 3. The van der Waals surface area contributed by atoms with Crippen LogP contribution in [0.15, 0.2) is 78.1 Å². The standard InChI is InChI=1S/C28H29N3O4S/c1-28(2,3)35-27(34)29-15-22-17-31(16-20-12-8-11-19-9-4-6-13-23(19)20)26(30-22)36-18-21-10-5-7-14-24(21)25(32)33/h4-14,17H,15-16,18H2,1-3H3,(H,29,34)(H,32,33). The quantitative estimate of drug-likeness (QED) is 0.282. The van der Waals surface area contributed by atoms with E-state index in [1.54, 1.807) is 12.1 Å². The molecule has 2 N–H and O–H groups in total. The lowest BCUT2D eigenvalue weighted by molar-refractivity contribution is 0.0522. The van der Waals surface area contributed by atoms with Gasteiger partial charge in [-0.05, 0) is 48.7 Å². The van der Waals surface area contributed by atoms with Gasteiger partial charge in [0, 0.05) is 11.9 Å². The third-order valence-corrected chi connectivity index (χ3v) is 6.47. The second-order valence-corrected chi connectivity index (χ2v) is 10.3. The average molecular weight is 504 g/mol. The SMILES string of the molecule is CC(C)(C)OC(=O)NCc1cn(Cc2cccc3ccccc23)c(SCc2ccccc2C(=O)O)n1. The molecule has 4 aromatic rings. The Morgan fingerprint density at radius 2 is 1.69 bits per heavy atom. The molecular formula is C28H29N3O4S. The number of carbonyl (C=O) groups is 2. The highest BCUT2D eigenvalue weighted by atomic mass is 32.2. The zero-order valence-electron chi connectivity index (χ0n) is 20.5. The van der Waals surface area contributed by atoms with Gasteiger partial charge in [-0.25, -0.2) is 14.6 Å². The van der Waals surface area contributed by atoms with Crippen molar-refractivity contribution in [1.82, 2.24) is 14.9 Å². The molecule has 0 aliphatic carbocycles. The fourth-order valence-corrected chi connectivity index (χ4v) is 4.85. The summed E-state index contributed by atoms with van der Waals surface area (Å²) in [5.41, 5.74) is 2.25. The summed E-state index contributed by atoms with van der Waals surface area (Å²) in [4.78, 5) is 28.5. The molecule has 0 radical (unpaired) electrons. The van der Waals surface area contributed by atoms with Gasteiger partial charge >= 0.3 is 12.1 Å². The van der Waals surface area contributed by atoms with E-state index in [0.717, 1.165) is 27.1 Å². The summed E-state index contributed by atoms with van der Waals surface area (Å²) in [7, 11) is 0. The Labute approximate surface area is 214 Å². The largest absolute Gasteiger partial charge is 0.478 e. The van der Waals surface area contributed by atoms with E-state index in [-0.39, 0.29) is 12.1 Å². The maximum atomic E-state index is 12.1. The van der Waals surface area contributed by atoms with Crippen LogP contribution in [0.5, 0.6) is 0 Å². The fraction of sp³-hybridized carbons (Fsp3) is 0.250. The molecule has 1 aromatic heterocycles. The van der Waals surface area contributed by atoms with Crippen molar-refractivity contribution in [2.45, 2.75) is 50.4 Å². The van der Waals surface area contributed by atoms with E-state index in [9.17, 15) is 14.7 Å². The minimum absolute atomic E-state index is 0.219. The van der Waals surface area contributed by atoms with Gasteiger partial charge in [-0.15, -0.1) is 0 Å². The van der Waals surface area contributed by atoms with Crippen LogP contribution in [0.1, 0.15) is 48.0 Å². The summed E-state index contributed by atoms with van der Waals surface area (Å²) in [6.45, 7) is 6.25. The number of amides is 1. The maximum Gasteiger partial charge on any atom is 0.407 e. The summed E-state index contributed by atoms with van der Waals surface area (Å²) >= 11 is 1.47. The first-order chi connectivity index (χ1) is 17.2. The molecule has 0 atom stereocenters. The molecule has 8 heteroatoms. The molecule has 1 amide bonds. The lowest BCUT2D eigenvalue weighted by atomic mass is 10.0. The number of carboxylic acids is 1. The number of aromatic nitrogens is 2. The highest BCUT2D eigenvalue weighted by Gasteiger charge is 2.18. The van der Waals surface area contributed by atoms with Crippen molar-refractivity contribution in [3.05, 3.63) is 95.3 Å². The number of hydrogen-bond donors (Lipinski definition) is 2. The van der Waals surface area contributed by atoms with E-state index in [1.165, 1.54) is 11.8 Å². The van der Waals surface area contributed by atoms with Gasteiger partial charge in [-0.1, -0.05) is 72.4 Å². The highest BCUT2D eigenvalue weighted by Crippen LogP contribution is 2.27. The summed E-state index contributed by atoms with van der Waals surface area (Å²) in [5.74, 6) is -0.499. The minimum Gasteiger partial charge on any atom is -0.478 e. The Bertz CT molecular complexity index is 1390. The Balaban J connectivity index is 1.59. The van der Waals surface area contributed by atoms with E-state index in [1.807, 2.05) is 61.9 Å².